The van der Waals surface area contributed by atoms with Crippen molar-refractivity contribution in [2.45, 2.75) is 31.3 Å². The Kier molecular flexibility index (Phi) is 4.70. The highest BCUT2D eigenvalue weighted by molar-refractivity contribution is 7.89. The predicted octanol–water partition coefficient (Wildman–Crippen LogP) is 1.56. The summed E-state index contributed by atoms with van der Waals surface area (Å²) in [6.07, 6.45) is 3.26. The molecule has 0 bridgehead atoms. The standard InChI is InChI=1S/C10H15NO4S/c1-2-3-4-7-11-16(13,14)10-6-5-9(8-12)15-10/h5-6,8,11H,2-4,7H2,1H3. The summed E-state index contributed by atoms with van der Waals surface area (Å²) in [5.74, 6) is 0.00827. The van der Waals surface area contributed by atoms with Crippen LogP contribution < -0.4 is 4.72 Å². The van der Waals surface area contributed by atoms with Crippen molar-refractivity contribution in [3.8, 4) is 0 Å². The maximum atomic E-state index is 11.6. The zero-order chi connectivity index (χ0) is 12.0. The van der Waals surface area contributed by atoms with Crippen LogP contribution in [-0.2, 0) is 10.0 Å². The van der Waals surface area contributed by atoms with E-state index in [1.165, 1.54) is 12.1 Å². The first-order valence-corrected chi connectivity index (χ1v) is 6.63. The van der Waals surface area contributed by atoms with Gasteiger partial charge in [-0.25, -0.2) is 13.1 Å². The van der Waals surface area contributed by atoms with Gasteiger partial charge in [0, 0.05) is 6.54 Å². The summed E-state index contributed by atoms with van der Waals surface area (Å²) in [4.78, 5) is 10.3. The Morgan fingerprint density at radius 3 is 2.69 bits per heavy atom. The summed E-state index contributed by atoms with van der Waals surface area (Å²) in [7, 11) is -3.61. The van der Waals surface area contributed by atoms with Crippen molar-refractivity contribution in [2.24, 2.45) is 0 Å². The Morgan fingerprint density at radius 2 is 2.12 bits per heavy atom. The van der Waals surface area contributed by atoms with Gasteiger partial charge in [0.25, 0.3) is 10.0 Å². The van der Waals surface area contributed by atoms with Crippen molar-refractivity contribution in [2.75, 3.05) is 6.54 Å². The first kappa shape index (κ1) is 12.9. The summed E-state index contributed by atoms with van der Waals surface area (Å²) in [6, 6.07) is 2.60. The van der Waals surface area contributed by atoms with E-state index in [1.54, 1.807) is 0 Å². The van der Waals surface area contributed by atoms with Gasteiger partial charge < -0.3 is 4.42 Å². The second-order valence-electron chi connectivity index (χ2n) is 3.38. The van der Waals surface area contributed by atoms with Crippen molar-refractivity contribution >= 4 is 16.3 Å². The summed E-state index contributed by atoms with van der Waals surface area (Å²) >= 11 is 0. The highest BCUT2D eigenvalue weighted by atomic mass is 32.2. The third-order valence-electron chi connectivity index (χ3n) is 2.06. The number of nitrogens with one attached hydrogen (secondary N) is 1. The van der Waals surface area contributed by atoms with Crippen LogP contribution in [0.4, 0.5) is 0 Å². The summed E-state index contributed by atoms with van der Waals surface area (Å²) in [5.41, 5.74) is 0. The Morgan fingerprint density at radius 1 is 1.38 bits per heavy atom. The molecule has 0 aliphatic carbocycles. The first-order valence-electron chi connectivity index (χ1n) is 5.15. The van der Waals surface area contributed by atoms with E-state index in [0.717, 1.165) is 19.3 Å². The summed E-state index contributed by atoms with van der Waals surface area (Å²) < 4.78 is 30.5. The molecule has 0 aliphatic heterocycles. The fraction of sp³-hybridized carbons (Fsp3) is 0.500. The summed E-state index contributed by atoms with van der Waals surface area (Å²) in [5, 5.41) is -0.217. The number of rotatable bonds is 7. The lowest BCUT2D eigenvalue weighted by molar-refractivity contribution is 0.109. The van der Waals surface area contributed by atoms with Crippen LogP contribution in [0.1, 0.15) is 36.7 Å². The number of furan rings is 1. The van der Waals surface area contributed by atoms with E-state index in [1.807, 2.05) is 6.92 Å². The molecule has 0 radical (unpaired) electrons. The topological polar surface area (TPSA) is 76.4 Å². The smallest absolute Gasteiger partial charge is 0.273 e. The molecular formula is C10H15NO4S. The van der Waals surface area contributed by atoms with Gasteiger partial charge in [0.05, 0.1) is 0 Å². The van der Waals surface area contributed by atoms with Gasteiger partial charge in [-0.05, 0) is 18.6 Å². The zero-order valence-electron chi connectivity index (χ0n) is 9.10. The van der Waals surface area contributed by atoms with E-state index in [2.05, 4.69) is 4.72 Å². The molecule has 0 amide bonds. The Balaban J connectivity index is 2.59. The minimum atomic E-state index is -3.61. The van der Waals surface area contributed by atoms with E-state index in [-0.39, 0.29) is 10.9 Å². The van der Waals surface area contributed by atoms with Crippen molar-refractivity contribution in [3.63, 3.8) is 0 Å². The molecule has 0 saturated heterocycles. The van der Waals surface area contributed by atoms with Gasteiger partial charge >= 0.3 is 0 Å². The van der Waals surface area contributed by atoms with E-state index in [4.69, 9.17) is 4.42 Å². The molecule has 16 heavy (non-hydrogen) atoms. The number of unbranched alkanes of at least 4 members (excludes halogenated alkanes) is 2. The molecule has 0 unspecified atom stereocenters. The molecule has 1 aromatic rings. The summed E-state index contributed by atoms with van der Waals surface area (Å²) in [6.45, 7) is 2.42. The molecule has 0 saturated carbocycles. The third kappa shape index (κ3) is 3.46. The number of aldehydes is 1. The Labute approximate surface area is 94.9 Å². The number of carbonyl (C=O) groups is 1. The van der Waals surface area contributed by atoms with Crippen LogP contribution in [0.15, 0.2) is 21.6 Å². The third-order valence-corrected chi connectivity index (χ3v) is 3.39. The molecule has 5 nitrogen and oxygen atoms in total. The van der Waals surface area contributed by atoms with Gasteiger partial charge in [-0.15, -0.1) is 0 Å². The second kappa shape index (κ2) is 5.81. The van der Waals surface area contributed by atoms with Gasteiger partial charge in [-0.3, -0.25) is 4.79 Å². The van der Waals surface area contributed by atoms with Crippen LogP contribution in [0.5, 0.6) is 0 Å². The average Bonchev–Trinajstić information content (AvgIpc) is 2.73. The van der Waals surface area contributed by atoms with E-state index in [9.17, 15) is 13.2 Å². The highest BCUT2D eigenvalue weighted by Crippen LogP contribution is 2.12. The molecule has 6 heteroatoms. The first-order chi connectivity index (χ1) is 7.60. The molecule has 1 N–H and O–H groups in total. The molecule has 1 heterocycles. The van der Waals surface area contributed by atoms with Gasteiger partial charge in [-0.2, -0.15) is 0 Å². The van der Waals surface area contributed by atoms with Crippen molar-refractivity contribution in [1.29, 1.82) is 0 Å². The van der Waals surface area contributed by atoms with Gasteiger partial charge in [-0.1, -0.05) is 19.8 Å². The van der Waals surface area contributed by atoms with Crippen LogP contribution in [-0.4, -0.2) is 21.2 Å². The Hall–Kier alpha value is -1.14. The maximum Gasteiger partial charge on any atom is 0.273 e. The van der Waals surface area contributed by atoms with Crippen LogP contribution in [0, 0.1) is 0 Å². The van der Waals surface area contributed by atoms with Crippen molar-refractivity contribution in [1.82, 2.24) is 4.72 Å². The number of hydrogen-bond donors (Lipinski definition) is 1. The lowest BCUT2D eigenvalue weighted by atomic mass is 10.3. The molecule has 0 fully saturated rings. The molecule has 1 aromatic heterocycles. The average molecular weight is 245 g/mol. The van der Waals surface area contributed by atoms with Gasteiger partial charge in [0.15, 0.2) is 12.0 Å². The monoisotopic (exact) mass is 245 g/mol. The molecule has 90 valence electrons. The van der Waals surface area contributed by atoms with Gasteiger partial charge in [0.2, 0.25) is 5.09 Å². The molecular weight excluding hydrogens is 230 g/mol. The lowest BCUT2D eigenvalue weighted by Crippen LogP contribution is -2.24. The predicted molar refractivity (Wildman–Crippen MR) is 58.8 cm³/mol. The number of hydrogen-bond acceptors (Lipinski definition) is 4. The van der Waals surface area contributed by atoms with Crippen LogP contribution in [0.25, 0.3) is 0 Å². The van der Waals surface area contributed by atoms with Crippen LogP contribution in [0.3, 0.4) is 0 Å². The second-order valence-corrected chi connectivity index (χ2v) is 5.08. The Bertz CT molecular complexity index is 435. The SMILES string of the molecule is CCCCCNS(=O)(=O)c1ccc(C=O)o1. The van der Waals surface area contributed by atoms with Gasteiger partial charge in [0.1, 0.15) is 0 Å². The van der Waals surface area contributed by atoms with E-state index in [0.29, 0.717) is 12.8 Å². The molecule has 0 atom stereocenters. The molecule has 0 spiro atoms. The van der Waals surface area contributed by atoms with Crippen molar-refractivity contribution < 1.29 is 17.6 Å². The number of carbonyl (C=O) groups excluding carboxylic acids is 1. The van der Waals surface area contributed by atoms with E-state index >= 15 is 0 Å². The maximum absolute atomic E-state index is 11.6. The zero-order valence-corrected chi connectivity index (χ0v) is 9.92. The molecule has 0 aromatic carbocycles. The minimum Gasteiger partial charge on any atom is -0.440 e. The fourth-order valence-electron chi connectivity index (χ4n) is 1.19. The normalized spacial score (nSPS) is 11.6. The largest absolute Gasteiger partial charge is 0.440 e. The van der Waals surface area contributed by atoms with Crippen LogP contribution >= 0.6 is 0 Å². The fourth-order valence-corrected chi connectivity index (χ4v) is 2.20. The van der Waals surface area contributed by atoms with Crippen LogP contribution in [0.2, 0.25) is 0 Å². The minimum absolute atomic E-state index is 0.00827. The highest BCUT2D eigenvalue weighted by Gasteiger charge is 2.17. The lowest BCUT2D eigenvalue weighted by Gasteiger charge is -2.02. The quantitative estimate of drug-likeness (QED) is 0.584. The molecule has 1 rings (SSSR count). The van der Waals surface area contributed by atoms with Crippen molar-refractivity contribution in [3.05, 3.63) is 17.9 Å². The number of sulfonamides is 1. The van der Waals surface area contributed by atoms with E-state index < -0.39 is 10.0 Å². The molecule has 0 aliphatic rings.